The molecule has 2 aromatic carbocycles. The highest BCUT2D eigenvalue weighted by atomic mass is 35.5. The van der Waals surface area contributed by atoms with Gasteiger partial charge in [0, 0.05) is 42.5 Å². The smallest absolute Gasteiger partial charge is 0.255 e. The fraction of sp³-hybridized carbons (Fsp3) is 0.300. The minimum absolute atomic E-state index is 0.00708. The molecule has 1 fully saturated rings. The van der Waals surface area contributed by atoms with E-state index in [1.165, 1.54) is 0 Å². The number of carbonyl (C=O) groups is 2. The molecule has 0 unspecified atom stereocenters. The van der Waals surface area contributed by atoms with Crippen LogP contribution in [0.2, 0.25) is 5.02 Å². The molecule has 6 heteroatoms. The van der Waals surface area contributed by atoms with Crippen LogP contribution in [0.15, 0.2) is 53.4 Å². The molecule has 0 atom stereocenters. The van der Waals surface area contributed by atoms with Crippen molar-refractivity contribution in [1.82, 2.24) is 9.80 Å². The molecule has 1 aliphatic heterocycles. The van der Waals surface area contributed by atoms with Gasteiger partial charge in [-0.25, -0.2) is 0 Å². The van der Waals surface area contributed by atoms with E-state index in [0.29, 0.717) is 43.2 Å². The Kier molecular flexibility index (Phi) is 6.22. The Morgan fingerprint density at radius 3 is 2.69 bits per heavy atom. The van der Waals surface area contributed by atoms with Crippen LogP contribution in [0.4, 0.5) is 0 Å². The summed E-state index contributed by atoms with van der Waals surface area (Å²) in [6.45, 7) is 2.03. The maximum Gasteiger partial charge on any atom is 0.255 e. The average molecular weight is 389 g/mol. The number of carbonyl (C=O) groups excluding carboxylic acids is 2. The number of hydrogen-bond donors (Lipinski definition) is 0. The van der Waals surface area contributed by atoms with Gasteiger partial charge in [0.2, 0.25) is 5.91 Å². The molecule has 1 aliphatic rings. The lowest BCUT2D eigenvalue weighted by molar-refractivity contribution is -0.130. The van der Waals surface area contributed by atoms with Crippen LogP contribution in [-0.2, 0) is 11.3 Å². The van der Waals surface area contributed by atoms with E-state index in [0.717, 1.165) is 10.5 Å². The van der Waals surface area contributed by atoms with E-state index in [-0.39, 0.29) is 11.8 Å². The lowest BCUT2D eigenvalue weighted by Crippen LogP contribution is -2.35. The third-order valence-electron chi connectivity index (χ3n) is 4.48. The van der Waals surface area contributed by atoms with Gasteiger partial charge in [-0.2, -0.15) is 0 Å². The number of amides is 2. The summed E-state index contributed by atoms with van der Waals surface area (Å²) >= 11 is 7.59. The second-order valence-corrected chi connectivity index (χ2v) is 7.47. The van der Waals surface area contributed by atoms with E-state index in [1.54, 1.807) is 21.6 Å². The van der Waals surface area contributed by atoms with Gasteiger partial charge in [-0.05, 0) is 36.1 Å². The van der Waals surface area contributed by atoms with Crippen LogP contribution in [0, 0.1) is 0 Å². The van der Waals surface area contributed by atoms with E-state index in [2.05, 4.69) is 0 Å². The van der Waals surface area contributed by atoms with Crippen LogP contribution >= 0.6 is 23.4 Å². The first-order valence-corrected chi connectivity index (χ1v) is 10.1. The largest absolute Gasteiger partial charge is 0.337 e. The van der Waals surface area contributed by atoms with Gasteiger partial charge in [0.25, 0.3) is 5.91 Å². The SMILES string of the molecule is CSc1ccccc1C(=O)N1CCC(=O)N(Cc2cccc(Cl)c2)CC1. The number of rotatable bonds is 4. The van der Waals surface area contributed by atoms with Crippen molar-refractivity contribution in [3.63, 3.8) is 0 Å². The molecule has 0 radical (unpaired) electrons. The van der Waals surface area contributed by atoms with Gasteiger partial charge in [-0.3, -0.25) is 9.59 Å². The maximum absolute atomic E-state index is 12.9. The highest BCUT2D eigenvalue weighted by Crippen LogP contribution is 2.22. The van der Waals surface area contributed by atoms with Crippen molar-refractivity contribution in [2.75, 3.05) is 25.9 Å². The zero-order chi connectivity index (χ0) is 18.5. The van der Waals surface area contributed by atoms with Crippen LogP contribution < -0.4 is 0 Å². The van der Waals surface area contributed by atoms with Crippen molar-refractivity contribution >= 4 is 35.2 Å². The van der Waals surface area contributed by atoms with E-state index in [1.807, 2.05) is 54.8 Å². The summed E-state index contributed by atoms with van der Waals surface area (Å²) in [6.07, 6.45) is 2.30. The molecule has 3 rings (SSSR count). The topological polar surface area (TPSA) is 40.6 Å². The zero-order valence-corrected chi connectivity index (χ0v) is 16.2. The first kappa shape index (κ1) is 18.8. The Labute approximate surface area is 163 Å². The lowest BCUT2D eigenvalue weighted by Gasteiger charge is -2.23. The normalized spacial score (nSPS) is 15.1. The molecule has 0 bridgehead atoms. The first-order valence-electron chi connectivity index (χ1n) is 8.53. The molecular formula is C20H21ClN2O2S. The third-order valence-corrected chi connectivity index (χ3v) is 5.51. The third kappa shape index (κ3) is 4.40. The van der Waals surface area contributed by atoms with Crippen molar-refractivity contribution < 1.29 is 9.59 Å². The summed E-state index contributed by atoms with van der Waals surface area (Å²) < 4.78 is 0. The molecule has 1 saturated heterocycles. The van der Waals surface area contributed by atoms with Crippen molar-refractivity contribution in [3.8, 4) is 0 Å². The summed E-state index contributed by atoms with van der Waals surface area (Å²) in [5.74, 6) is 0.0609. The predicted octanol–water partition coefficient (Wildman–Crippen LogP) is 3.94. The van der Waals surface area contributed by atoms with E-state index in [9.17, 15) is 9.59 Å². The Hall–Kier alpha value is -1.98. The summed E-state index contributed by atoms with van der Waals surface area (Å²) in [4.78, 5) is 29.9. The van der Waals surface area contributed by atoms with Gasteiger partial charge in [0.1, 0.15) is 0 Å². The zero-order valence-electron chi connectivity index (χ0n) is 14.7. The second kappa shape index (κ2) is 8.60. The highest BCUT2D eigenvalue weighted by molar-refractivity contribution is 7.98. The molecule has 4 nitrogen and oxygen atoms in total. The Morgan fingerprint density at radius 1 is 1.12 bits per heavy atom. The molecule has 26 heavy (non-hydrogen) atoms. The Bertz CT molecular complexity index is 812. The van der Waals surface area contributed by atoms with Gasteiger partial charge in [-0.15, -0.1) is 11.8 Å². The van der Waals surface area contributed by atoms with Gasteiger partial charge < -0.3 is 9.80 Å². The molecule has 0 N–H and O–H groups in total. The van der Waals surface area contributed by atoms with Gasteiger partial charge in [0.15, 0.2) is 0 Å². The molecule has 0 aromatic heterocycles. The van der Waals surface area contributed by atoms with Crippen LogP contribution in [0.1, 0.15) is 22.3 Å². The van der Waals surface area contributed by atoms with Crippen LogP contribution in [0.5, 0.6) is 0 Å². The van der Waals surface area contributed by atoms with Crippen LogP contribution in [0.25, 0.3) is 0 Å². The Balaban J connectivity index is 1.70. The average Bonchev–Trinajstić information content (AvgIpc) is 2.83. The molecular weight excluding hydrogens is 368 g/mol. The fourth-order valence-electron chi connectivity index (χ4n) is 3.08. The molecule has 2 amide bonds. The summed E-state index contributed by atoms with van der Waals surface area (Å²) in [5.41, 5.74) is 1.70. The Morgan fingerprint density at radius 2 is 1.92 bits per heavy atom. The van der Waals surface area contributed by atoms with Crippen molar-refractivity contribution in [2.24, 2.45) is 0 Å². The first-order chi connectivity index (χ1) is 12.6. The van der Waals surface area contributed by atoms with Crippen LogP contribution in [-0.4, -0.2) is 47.5 Å². The van der Waals surface area contributed by atoms with Crippen LogP contribution in [0.3, 0.4) is 0 Å². The van der Waals surface area contributed by atoms with Gasteiger partial charge >= 0.3 is 0 Å². The van der Waals surface area contributed by atoms with Crippen molar-refractivity contribution in [3.05, 3.63) is 64.7 Å². The number of hydrogen-bond acceptors (Lipinski definition) is 3. The monoisotopic (exact) mass is 388 g/mol. The number of nitrogens with zero attached hydrogens (tertiary/aromatic N) is 2. The lowest BCUT2D eigenvalue weighted by atomic mass is 10.2. The van der Waals surface area contributed by atoms with E-state index >= 15 is 0 Å². The fourth-order valence-corrected chi connectivity index (χ4v) is 3.89. The number of halogens is 1. The summed E-state index contributed by atoms with van der Waals surface area (Å²) in [6, 6.07) is 15.1. The predicted molar refractivity (Wildman–Crippen MR) is 106 cm³/mol. The molecule has 1 heterocycles. The molecule has 0 spiro atoms. The summed E-state index contributed by atoms with van der Waals surface area (Å²) in [7, 11) is 0. The standard InChI is InChI=1S/C20H21ClN2O2S/c1-26-18-8-3-2-7-17(18)20(25)22-10-9-19(24)23(12-11-22)14-15-5-4-6-16(21)13-15/h2-8,13H,9-12,14H2,1H3. The number of benzene rings is 2. The van der Waals surface area contributed by atoms with E-state index in [4.69, 9.17) is 11.6 Å². The minimum atomic E-state index is -0.00708. The molecule has 0 aliphatic carbocycles. The quantitative estimate of drug-likeness (QED) is 0.745. The molecule has 136 valence electrons. The van der Waals surface area contributed by atoms with Gasteiger partial charge in [0.05, 0.1) is 5.56 Å². The van der Waals surface area contributed by atoms with Crippen molar-refractivity contribution in [2.45, 2.75) is 17.9 Å². The number of thioether (sulfide) groups is 1. The van der Waals surface area contributed by atoms with Crippen molar-refractivity contribution in [1.29, 1.82) is 0 Å². The van der Waals surface area contributed by atoms with Gasteiger partial charge in [-0.1, -0.05) is 35.9 Å². The minimum Gasteiger partial charge on any atom is -0.337 e. The maximum atomic E-state index is 12.9. The molecule has 0 saturated carbocycles. The van der Waals surface area contributed by atoms with E-state index < -0.39 is 0 Å². The second-order valence-electron chi connectivity index (χ2n) is 6.19. The highest BCUT2D eigenvalue weighted by Gasteiger charge is 2.25. The molecule has 2 aromatic rings. The summed E-state index contributed by atoms with van der Waals surface area (Å²) in [5, 5.41) is 0.662.